The van der Waals surface area contributed by atoms with Crippen molar-refractivity contribution in [2.45, 2.75) is 367 Å². The van der Waals surface area contributed by atoms with E-state index >= 15 is 0 Å². The molecule has 434 valence electrons. The topological polar surface area (TPSA) is 78.9 Å². The van der Waals surface area contributed by atoms with Gasteiger partial charge in [0.1, 0.15) is 13.2 Å². The lowest BCUT2D eigenvalue weighted by atomic mass is 10.0. The predicted octanol–water partition coefficient (Wildman–Crippen LogP) is 22.4. The molecular weight excluding hydrogens is 913 g/mol. The van der Waals surface area contributed by atoms with Crippen molar-refractivity contribution in [3.05, 3.63) is 36.5 Å². The highest BCUT2D eigenvalue weighted by molar-refractivity contribution is 5.71. The van der Waals surface area contributed by atoms with Crippen LogP contribution in [0.2, 0.25) is 0 Å². The number of esters is 3. The van der Waals surface area contributed by atoms with E-state index < -0.39 is 6.10 Å². The molecule has 0 N–H and O–H groups in total. The summed E-state index contributed by atoms with van der Waals surface area (Å²) in [6, 6.07) is 0. The number of allylic oxidation sites excluding steroid dienone is 6. The Labute approximate surface area is 461 Å². The van der Waals surface area contributed by atoms with Gasteiger partial charge in [0.2, 0.25) is 0 Å². The summed E-state index contributed by atoms with van der Waals surface area (Å²) in [6.07, 6.45) is 77.6. The first kappa shape index (κ1) is 71.6. The quantitative estimate of drug-likeness (QED) is 0.0261. The van der Waals surface area contributed by atoms with Crippen molar-refractivity contribution in [3.8, 4) is 0 Å². The highest BCUT2D eigenvalue weighted by atomic mass is 16.6. The van der Waals surface area contributed by atoms with Crippen molar-refractivity contribution in [2.75, 3.05) is 13.2 Å². The number of carbonyl (C=O) groups excluding carboxylic acids is 3. The molecule has 0 saturated heterocycles. The van der Waals surface area contributed by atoms with Crippen molar-refractivity contribution >= 4 is 17.9 Å². The van der Waals surface area contributed by atoms with E-state index in [2.05, 4.69) is 57.2 Å². The van der Waals surface area contributed by atoms with Gasteiger partial charge in [0.05, 0.1) is 0 Å². The maximum atomic E-state index is 12.8. The molecule has 0 amide bonds. The summed E-state index contributed by atoms with van der Waals surface area (Å²) in [5.41, 5.74) is 0. The third-order valence-electron chi connectivity index (χ3n) is 14.9. The molecule has 0 saturated carbocycles. The lowest BCUT2D eigenvalue weighted by Crippen LogP contribution is -2.30. The second-order valence-electron chi connectivity index (χ2n) is 22.4. The Morgan fingerprint density at radius 1 is 0.270 bits per heavy atom. The van der Waals surface area contributed by atoms with Crippen LogP contribution < -0.4 is 0 Å². The average molecular weight is 1040 g/mol. The van der Waals surface area contributed by atoms with E-state index in [1.54, 1.807) is 0 Å². The maximum absolute atomic E-state index is 12.8. The van der Waals surface area contributed by atoms with Gasteiger partial charge < -0.3 is 14.2 Å². The van der Waals surface area contributed by atoms with Gasteiger partial charge in [0.15, 0.2) is 6.10 Å². The molecule has 0 aliphatic heterocycles. The zero-order chi connectivity index (χ0) is 53.6. The van der Waals surface area contributed by atoms with E-state index in [-0.39, 0.29) is 31.1 Å². The van der Waals surface area contributed by atoms with Gasteiger partial charge in [-0.2, -0.15) is 0 Å². The lowest BCUT2D eigenvalue weighted by Gasteiger charge is -2.18. The van der Waals surface area contributed by atoms with Crippen LogP contribution in [0.25, 0.3) is 0 Å². The monoisotopic (exact) mass is 1040 g/mol. The number of unbranched alkanes of at least 4 members (excludes halogenated alkanes) is 44. The number of hydrogen-bond donors (Lipinski definition) is 0. The van der Waals surface area contributed by atoms with Crippen LogP contribution in [0.5, 0.6) is 0 Å². The molecule has 0 radical (unpaired) electrons. The minimum atomic E-state index is -0.770. The molecule has 0 aromatic heterocycles. The molecule has 0 aromatic carbocycles. The van der Waals surface area contributed by atoms with Crippen LogP contribution in [0.15, 0.2) is 36.5 Å². The predicted molar refractivity (Wildman–Crippen MR) is 321 cm³/mol. The molecule has 0 rings (SSSR count). The first-order valence-corrected chi connectivity index (χ1v) is 33.0. The summed E-state index contributed by atoms with van der Waals surface area (Å²) in [6.45, 7) is 6.63. The second kappa shape index (κ2) is 63.2. The van der Waals surface area contributed by atoms with E-state index in [0.717, 1.165) is 70.6 Å². The Bertz CT molecular complexity index is 1240. The summed E-state index contributed by atoms with van der Waals surface area (Å²) < 4.78 is 16.9. The van der Waals surface area contributed by atoms with Gasteiger partial charge in [0, 0.05) is 19.3 Å². The third-order valence-corrected chi connectivity index (χ3v) is 14.9. The smallest absolute Gasteiger partial charge is 0.306 e. The molecule has 74 heavy (non-hydrogen) atoms. The molecule has 6 nitrogen and oxygen atoms in total. The van der Waals surface area contributed by atoms with Gasteiger partial charge in [-0.15, -0.1) is 0 Å². The Hall–Kier alpha value is -2.37. The molecule has 1 atom stereocenters. The zero-order valence-electron chi connectivity index (χ0n) is 49.9. The van der Waals surface area contributed by atoms with Gasteiger partial charge in [-0.1, -0.05) is 308 Å². The fourth-order valence-corrected chi connectivity index (χ4v) is 9.87. The number of rotatable bonds is 61. The maximum Gasteiger partial charge on any atom is 0.306 e. The summed E-state index contributed by atoms with van der Waals surface area (Å²) >= 11 is 0. The minimum Gasteiger partial charge on any atom is -0.462 e. The molecule has 0 aliphatic rings. The highest BCUT2D eigenvalue weighted by Gasteiger charge is 2.19. The van der Waals surface area contributed by atoms with Crippen molar-refractivity contribution in [1.82, 2.24) is 0 Å². The average Bonchev–Trinajstić information content (AvgIpc) is 3.40. The van der Waals surface area contributed by atoms with E-state index in [4.69, 9.17) is 14.2 Å². The van der Waals surface area contributed by atoms with Crippen LogP contribution in [-0.2, 0) is 28.6 Å². The molecule has 0 aromatic rings. The largest absolute Gasteiger partial charge is 0.462 e. The summed E-state index contributed by atoms with van der Waals surface area (Å²) in [5.74, 6) is -0.858. The normalized spacial score (nSPS) is 12.2. The number of ether oxygens (including phenoxy) is 3. The number of hydrogen-bond acceptors (Lipinski definition) is 6. The van der Waals surface area contributed by atoms with Crippen LogP contribution in [0.3, 0.4) is 0 Å². The molecule has 0 heterocycles. The first-order valence-electron chi connectivity index (χ1n) is 33.0. The van der Waals surface area contributed by atoms with Crippen LogP contribution in [0.4, 0.5) is 0 Å². The van der Waals surface area contributed by atoms with Gasteiger partial charge in [-0.05, 0) is 70.6 Å². The van der Waals surface area contributed by atoms with Gasteiger partial charge in [0.25, 0.3) is 0 Å². The standard InChI is InChI=1S/C68H126O6/c1-4-7-10-13-16-19-22-24-25-26-27-28-29-30-31-32-33-34-35-36-37-38-39-40-41-42-43-44-47-49-52-55-58-61-67(70)73-64-65(63-72-66(69)60-57-54-51-48-45-21-18-15-12-9-6-3)74-68(71)62-59-56-53-50-46-23-20-17-14-11-8-5-2/h15,18,22,24,26-27,65H,4-14,16-17,19-21,23,25,28-64H2,1-3H3/b18-15-,24-22-,27-26-. The van der Waals surface area contributed by atoms with Crippen LogP contribution in [-0.4, -0.2) is 37.2 Å². The fourth-order valence-electron chi connectivity index (χ4n) is 9.87. The van der Waals surface area contributed by atoms with E-state index in [1.807, 2.05) is 0 Å². The van der Waals surface area contributed by atoms with Crippen molar-refractivity contribution in [3.63, 3.8) is 0 Å². The van der Waals surface area contributed by atoms with Crippen LogP contribution >= 0.6 is 0 Å². The molecule has 6 heteroatoms. The van der Waals surface area contributed by atoms with Crippen LogP contribution in [0.1, 0.15) is 361 Å². The zero-order valence-corrected chi connectivity index (χ0v) is 49.9. The minimum absolute atomic E-state index is 0.0690. The van der Waals surface area contributed by atoms with Crippen molar-refractivity contribution < 1.29 is 28.6 Å². The molecule has 0 spiro atoms. The third kappa shape index (κ3) is 60.5. The summed E-state index contributed by atoms with van der Waals surface area (Å²) in [4.78, 5) is 38.1. The van der Waals surface area contributed by atoms with E-state index in [9.17, 15) is 14.4 Å². The van der Waals surface area contributed by atoms with Gasteiger partial charge in [-0.3, -0.25) is 14.4 Å². The molecule has 0 fully saturated rings. The Balaban J connectivity index is 4.00. The summed E-state index contributed by atoms with van der Waals surface area (Å²) in [7, 11) is 0. The van der Waals surface area contributed by atoms with Gasteiger partial charge in [-0.25, -0.2) is 0 Å². The van der Waals surface area contributed by atoms with E-state index in [1.165, 1.54) is 250 Å². The first-order chi connectivity index (χ1) is 36.5. The summed E-state index contributed by atoms with van der Waals surface area (Å²) in [5, 5.41) is 0. The van der Waals surface area contributed by atoms with E-state index in [0.29, 0.717) is 19.3 Å². The Morgan fingerprint density at radius 2 is 0.500 bits per heavy atom. The number of carbonyl (C=O) groups is 3. The Kier molecular flexibility index (Phi) is 61.1. The SMILES string of the molecule is CCCC/C=C\CCCCCCCC(=O)OCC(COC(=O)CCCCCCCCCCCCCCCCCCCCCCC/C=C\C/C=C\CCCCCCC)OC(=O)CCCCCCCCCCCCCC. The van der Waals surface area contributed by atoms with Crippen molar-refractivity contribution in [2.24, 2.45) is 0 Å². The fraction of sp³-hybridized carbons (Fsp3) is 0.868. The molecule has 0 bridgehead atoms. The Morgan fingerprint density at radius 3 is 0.797 bits per heavy atom. The molecule has 0 aliphatic carbocycles. The van der Waals surface area contributed by atoms with Crippen LogP contribution in [0, 0.1) is 0 Å². The lowest BCUT2D eigenvalue weighted by molar-refractivity contribution is -0.167. The van der Waals surface area contributed by atoms with Crippen molar-refractivity contribution in [1.29, 1.82) is 0 Å². The second-order valence-corrected chi connectivity index (χ2v) is 22.4. The van der Waals surface area contributed by atoms with Gasteiger partial charge >= 0.3 is 17.9 Å². The highest BCUT2D eigenvalue weighted by Crippen LogP contribution is 2.18. The molecular formula is C68H126O6. The molecule has 1 unspecified atom stereocenters.